The third kappa shape index (κ3) is 6.62. The van der Waals surface area contributed by atoms with Crippen molar-refractivity contribution < 1.29 is 19.1 Å². The van der Waals surface area contributed by atoms with E-state index in [1.54, 1.807) is 31.2 Å². The Labute approximate surface area is 156 Å². The highest BCUT2D eigenvalue weighted by Gasteiger charge is 2.16. The van der Waals surface area contributed by atoms with Gasteiger partial charge in [0.05, 0.1) is 12.3 Å². The minimum Gasteiger partial charge on any atom is -0.484 e. The molecular formula is C19H20N4O4. The normalized spacial score (nSPS) is 11.6. The number of primary amides is 1. The molecule has 1 atom stereocenters. The molecule has 0 spiro atoms. The number of hydrogen-bond donors (Lipinski definition) is 3. The van der Waals surface area contributed by atoms with E-state index in [0.717, 1.165) is 5.56 Å². The third-order valence-corrected chi connectivity index (χ3v) is 3.47. The number of rotatable bonds is 7. The maximum absolute atomic E-state index is 11.9. The van der Waals surface area contributed by atoms with Crippen LogP contribution in [0.15, 0.2) is 59.7 Å². The third-order valence-electron chi connectivity index (χ3n) is 3.47. The van der Waals surface area contributed by atoms with Crippen molar-refractivity contribution in [3.63, 3.8) is 0 Å². The molecule has 4 N–H and O–H groups in total. The van der Waals surface area contributed by atoms with Crippen LogP contribution in [-0.4, -0.2) is 30.5 Å². The average molecular weight is 368 g/mol. The summed E-state index contributed by atoms with van der Waals surface area (Å²) in [7, 11) is 0. The first kappa shape index (κ1) is 19.6. The molecule has 2 aromatic rings. The summed E-state index contributed by atoms with van der Waals surface area (Å²) >= 11 is 0. The highest BCUT2D eigenvalue weighted by atomic mass is 16.5. The van der Waals surface area contributed by atoms with E-state index < -0.39 is 17.7 Å². The predicted octanol–water partition coefficient (Wildman–Crippen LogP) is 0.878. The number of carbonyl (C=O) groups excluding carboxylic acids is 3. The average Bonchev–Trinajstić information content (AvgIpc) is 2.67. The van der Waals surface area contributed by atoms with E-state index in [4.69, 9.17) is 10.5 Å². The van der Waals surface area contributed by atoms with E-state index in [-0.39, 0.29) is 12.6 Å². The quantitative estimate of drug-likeness (QED) is 0.381. The van der Waals surface area contributed by atoms with Crippen molar-refractivity contribution in [2.45, 2.75) is 13.0 Å². The molecule has 140 valence electrons. The molecule has 3 amide bonds. The van der Waals surface area contributed by atoms with Crippen molar-refractivity contribution >= 4 is 23.9 Å². The Morgan fingerprint density at radius 3 is 2.56 bits per heavy atom. The van der Waals surface area contributed by atoms with Gasteiger partial charge in [-0.05, 0) is 30.2 Å². The summed E-state index contributed by atoms with van der Waals surface area (Å²) < 4.78 is 5.17. The van der Waals surface area contributed by atoms with Gasteiger partial charge in [-0.2, -0.15) is 5.10 Å². The molecule has 0 aromatic heterocycles. The Bertz CT molecular complexity index is 837. The molecular weight excluding hydrogens is 348 g/mol. The van der Waals surface area contributed by atoms with Gasteiger partial charge in [0.25, 0.3) is 5.91 Å². The van der Waals surface area contributed by atoms with Gasteiger partial charge in [-0.25, -0.2) is 5.43 Å². The van der Waals surface area contributed by atoms with Crippen molar-refractivity contribution in [3.05, 3.63) is 65.7 Å². The smallest absolute Gasteiger partial charge is 0.329 e. The molecule has 0 aliphatic rings. The van der Waals surface area contributed by atoms with Gasteiger partial charge in [0.2, 0.25) is 0 Å². The topological polar surface area (TPSA) is 123 Å². The van der Waals surface area contributed by atoms with E-state index in [2.05, 4.69) is 15.8 Å². The van der Waals surface area contributed by atoms with E-state index in [1.807, 2.05) is 30.3 Å². The number of nitrogens with one attached hydrogen (secondary N) is 2. The standard InChI is InChI=1S/C19H20N4O4/c1-13(15-7-3-2-4-8-15)22-18(25)19(26)23-21-11-14-6-5-9-16(10-14)27-12-17(20)24/h2-11,13H,12H2,1H3,(H2,20,24)(H,22,25)(H,23,26)/b21-11-/t13-/m0/s1. The van der Waals surface area contributed by atoms with Gasteiger partial charge in [0.15, 0.2) is 6.61 Å². The Hall–Kier alpha value is -3.68. The van der Waals surface area contributed by atoms with Crippen LogP contribution in [0.3, 0.4) is 0 Å². The number of nitrogens with two attached hydrogens (primary N) is 1. The number of hydrogen-bond acceptors (Lipinski definition) is 5. The van der Waals surface area contributed by atoms with Gasteiger partial charge in [-0.15, -0.1) is 0 Å². The molecule has 0 unspecified atom stereocenters. The van der Waals surface area contributed by atoms with E-state index in [9.17, 15) is 14.4 Å². The van der Waals surface area contributed by atoms with E-state index >= 15 is 0 Å². The molecule has 0 radical (unpaired) electrons. The molecule has 0 saturated carbocycles. The largest absolute Gasteiger partial charge is 0.484 e. The number of nitrogens with zero attached hydrogens (tertiary/aromatic N) is 1. The summed E-state index contributed by atoms with van der Waals surface area (Å²) in [5.41, 5.74) is 8.67. The van der Waals surface area contributed by atoms with Crippen LogP contribution in [0.25, 0.3) is 0 Å². The van der Waals surface area contributed by atoms with Crippen LogP contribution in [0.4, 0.5) is 0 Å². The second-order valence-corrected chi connectivity index (χ2v) is 5.63. The lowest BCUT2D eigenvalue weighted by atomic mass is 10.1. The molecule has 27 heavy (non-hydrogen) atoms. The van der Waals surface area contributed by atoms with Crippen molar-refractivity contribution in [1.82, 2.24) is 10.7 Å². The number of ether oxygens (including phenoxy) is 1. The Morgan fingerprint density at radius 1 is 1.11 bits per heavy atom. The predicted molar refractivity (Wildman–Crippen MR) is 99.9 cm³/mol. The molecule has 0 aliphatic carbocycles. The Morgan fingerprint density at radius 2 is 1.85 bits per heavy atom. The lowest BCUT2D eigenvalue weighted by Crippen LogP contribution is -2.39. The van der Waals surface area contributed by atoms with E-state index in [1.165, 1.54) is 6.21 Å². The monoisotopic (exact) mass is 368 g/mol. The fraction of sp³-hybridized carbons (Fsp3) is 0.158. The highest BCUT2D eigenvalue weighted by Crippen LogP contribution is 2.12. The number of carbonyl (C=O) groups is 3. The van der Waals surface area contributed by atoms with Gasteiger partial charge in [0, 0.05) is 0 Å². The van der Waals surface area contributed by atoms with Crippen LogP contribution < -0.4 is 21.2 Å². The summed E-state index contributed by atoms with van der Waals surface area (Å²) in [6, 6.07) is 15.6. The lowest BCUT2D eigenvalue weighted by molar-refractivity contribution is -0.139. The van der Waals surface area contributed by atoms with Crippen LogP contribution in [0.5, 0.6) is 5.75 Å². The van der Waals surface area contributed by atoms with Gasteiger partial charge in [-0.3, -0.25) is 14.4 Å². The molecule has 8 nitrogen and oxygen atoms in total. The minimum absolute atomic E-state index is 0.239. The first-order valence-corrected chi connectivity index (χ1v) is 8.15. The van der Waals surface area contributed by atoms with Crippen LogP contribution in [0, 0.1) is 0 Å². The molecule has 0 aliphatic heterocycles. The second kappa shape index (κ2) is 9.71. The van der Waals surface area contributed by atoms with Crippen molar-refractivity contribution in [3.8, 4) is 5.75 Å². The van der Waals surface area contributed by atoms with Crippen LogP contribution in [0.2, 0.25) is 0 Å². The Balaban J connectivity index is 1.86. The van der Waals surface area contributed by atoms with Crippen LogP contribution >= 0.6 is 0 Å². The fourth-order valence-corrected chi connectivity index (χ4v) is 2.14. The second-order valence-electron chi connectivity index (χ2n) is 5.63. The van der Waals surface area contributed by atoms with Crippen molar-refractivity contribution in [1.29, 1.82) is 0 Å². The molecule has 2 aromatic carbocycles. The molecule has 8 heteroatoms. The molecule has 2 rings (SSSR count). The summed E-state index contributed by atoms with van der Waals surface area (Å²) in [5, 5.41) is 6.34. The zero-order valence-corrected chi connectivity index (χ0v) is 14.7. The zero-order chi connectivity index (χ0) is 19.6. The van der Waals surface area contributed by atoms with Crippen molar-refractivity contribution in [2.24, 2.45) is 10.8 Å². The fourth-order valence-electron chi connectivity index (χ4n) is 2.14. The van der Waals surface area contributed by atoms with Crippen molar-refractivity contribution in [2.75, 3.05) is 6.61 Å². The maximum Gasteiger partial charge on any atom is 0.329 e. The van der Waals surface area contributed by atoms with Crippen LogP contribution in [-0.2, 0) is 14.4 Å². The molecule has 0 heterocycles. The minimum atomic E-state index is -0.879. The number of hydrazone groups is 1. The maximum atomic E-state index is 11.9. The first-order chi connectivity index (χ1) is 13.0. The van der Waals surface area contributed by atoms with Gasteiger partial charge < -0.3 is 15.8 Å². The highest BCUT2D eigenvalue weighted by molar-refractivity contribution is 6.35. The SMILES string of the molecule is C[C@H](NC(=O)C(=O)N/N=C\c1cccc(OCC(N)=O)c1)c1ccccc1. The first-order valence-electron chi connectivity index (χ1n) is 8.15. The molecule has 0 bridgehead atoms. The number of amides is 3. The summed E-state index contributed by atoms with van der Waals surface area (Å²) in [5.74, 6) is -1.83. The van der Waals surface area contributed by atoms with Gasteiger partial charge in [-0.1, -0.05) is 42.5 Å². The summed E-state index contributed by atoms with van der Waals surface area (Å²) in [4.78, 5) is 34.5. The van der Waals surface area contributed by atoms with E-state index in [0.29, 0.717) is 11.3 Å². The van der Waals surface area contributed by atoms with Gasteiger partial charge in [0.1, 0.15) is 5.75 Å². The number of benzene rings is 2. The summed E-state index contributed by atoms with van der Waals surface area (Å²) in [6.07, 6.45) is 1.35. The Kier molecular flexibility index (Phi) is 7.07. The zero-order valence-electron chi connectivity index (χ0n) is 14.7. The molecule has 0 fully saturated rings. The summed E-state index contributed by atoms with van der Waals surface area (Å²) in [6.45, 7) is 1.54. The lowest BCUT2D eigenvalue weighted by Gasteiger charge is -2.13. The van der Waals surface area contributed by atoms with Crippen LogP contribution in [0.1, 0.15) is 24.1 Å². The molecule has 0 saturated heterocycles. The van der Waals surface area contributed by atoms with Gasteiger partial charge >= 0.3 is 11.8 Å².